The van der Waals surface area contributed by atoms with Crippen molar-refractivity contribution < 1.29 is 14.5 Å². The summed E-state index contributed by atoms with van der Waals surface area (Å²) in [6, 6.07) is 11.1. The van der Waals surface area contributed by atoms with Gasteiger partial charge in [-0.25, -0.2) is 0 Å². The van der Waals surface area contributed by atoms with E-state index in [1.54, 1.807) is 0 Å². The van der Waals surface area contributed by atoms with E-state index in [1.165, 1.54) is 0 Å². The zero-order valence-corrected chi connectivity index (χ0v) is 13.1. The average Bonchev–Trinajstić information content (AvgIpc) is 3.39. The molecule has 0 aromatic heterocycles. The summed E-state index contributed by atoms with van der Waals surface area (Å²) >= 11 is 0. The van der Waals surface area contributed by atoms with E-state index in [9.17, 15) is 14.9 Å². The number of amides is 1. The SMILES string of the molecule is O=C(N[C@@H]1CCCOc2c1ccc1ccccc21)[C@H]1C[C@@H]1[N+](=O)[O-]. The smallest absolute Gasteiger partial charge is 0.230 e. The molecule has 2 aromatic carbocycles. The summed E-state index contributed by atoms with van der Waals surface area (Å²) in [7, 11) is 0. The fourth-order valence-corrected chi connectivity index (χ4v) is 3.44. The third-order valence-electron chi connectivity index (χ3n) is 4.85. The second-order valence-corrected chi connectivity index (χ2v) is 6.45. The molecule has 1 amide bonds. The highest BCUT2D eigenvalue weighted by Crippen LogP contribution is 2.39. The van der Waals surface area contributed by atoms with Crippen molar-refractivity contribution in [1.29, 1.82) is 0 Å². The molecule has 1 fully saturated rings. The van der Waals surface area contributed by atoms with Gasteiger partial charge >= 0.3 is 0 Å². The summed E-state index contributed by atoms with van der Waals surface area (Å²) in [6.45, 7) is 0.605. The van der Waals surface area contributed by atoms with Crippen LogP contribution in [0.25, 0.3) is 10.8 Å². The third-order valence-corrected chi connectivity index (χ3v) is 4.85. The van der Waals surface area contributed by atoms with Gasteiger partial charge in [-0.15, -0.1) is 0 Å². The predicted octanol–water partition coefficient (Wildman–Crippen LogP) is 2.83. The van der Waals surface area contributed by atoms with Gasteiger partial charge in [0.1, 0.15) is 11.7 Å². The maximum atomic E-state index is 12.3. The van der Waals surface area contributed by atoms with Crippen LogP contribution in [0, 0.1) is 16.0 Å². The van der Waals surface area contributed by atoms with Crippen LogP contribution in [0.2, 0.25) is 0 Å². The molecule has 1 aliphatic carbocycles. The number of fused-ring (bicyclic) bond motifs is 3. The number of nitrogens with one attached hydrogen (secondary N) is 1. The quantitative estimate of drug-likeness (QED) is 0.694. The number of nitrogens with zero attached hydrogens (tertiary/aromatic N) is 1. The molecule has 3 atom stereocenters. The number of benzene rings is 2. The lowest BCUT2D eigenvalue weighted by Gasteiger charge is -2.19. The highest BCUT2D eigenvalue weighted by molar-refractivity contribution is 5.90. The van der Waals surface area contributed by atoms with Crippen molar-refractivity contribution in [3.63, 3.8) is 0 Å². The Labute approximate surface area is 138 Å². The van der Waals surface area contributed by atoms with E-state index in [0.29, 0.717) is 13.0 Å². The van der Waals surface area contributed by atoms with Crippen LogP contribution in [0.5, 0.6) is 5.75 Å². The predicted molar refractivity (Wildman–Crippen MR) is 88.5 cm³/mol. The number of carbonyl (C=O) groups excluding carboxylic acids is 1. The van der Waals surface area contributed by atoms with Crippen LogP contribution in [0.1, 0.15) is 30.9 Å². The molecule has 2 aromatic rings. The first-order chi connectivity index (χ1) is 11.6. The van der Waals surface area contributed by atoms with Gasteiger partial charge in [0.15, 0.2) is 0 Å². The maximum absolute atomic E-state index is 12.3. The summed E-state index contributed by atoms with van der Waals surface area (Å²) in [5.74, 6) is 0.105. The Bertz CT molecular complexity index is 820. The molecule has 124 valence electrons. The molecular formula is C18H18N2O4. The van der Waals surface area contributed by atoms with Crippen molar-refractivity contribution >= 4 is 16.7 Å². The zero-order chi connectivity index (χ0) is 16.7. The average molecular weight is 326 g/mol. The second kappa shape index (κ2) is 5.78. The summed E-state index contributed by atoms with van der Waals surface area (Å²) in [6.07, 6.45) is 1.94. The molecule has 2 aliphatic rings. The van der Waals surface area contributed by atoms with E-state index < -0.39 is 12.0 Å². The Morgan fingerprint density at radius 2 is 2.08 bits per heavy atom. The van der Waals surface area contributed by atoms with Crippen LogP contribution in [-0.2, 0) is 4.79 Å². The van der Waals surface area contributed by atoms with Gasteiger partial charge in [-0.05, 0) is 18.2 Å². The van der Waals surface area contributed by atoms with Crippen LogP contribution in [0.3, 0.4) is 0 Å². The van der Waals surface area contributed by atoms with Crippen LogP contribution >= 0.6 is 0 Å². The van der Waals surface area contributed by atoms with Crippen molar-refractivity contribution in [2.24, 2.45) is 5.92 Å². The number of hydrogen-bond donors (Lipinski definition) is 1. The van der Waals surface area contributed by atoms with E-state index in [1.807, 2.05) is 36.4 Å². The molecular weight excluding hydrogens is 308 g/mol. The summed E-state index contributed by atoms with van der Waals surface area (Å²) in [5.41, 5.74) is 0.956. The molecule has 24 heavy (non-hydrogen) atoms. The van der Waals surface area contributed by atoms with E-state index >= 15 is 0 Å². The molecule has 0 bridgehead atoms. The first-order valence-corrected chi connectivity index (χ1v) is 8.23. The Morgan fingerprint density at radius 1 is 1.25 bits per heavy atom. The highest BCUT2D eigenvalue weighted by atomic mass is 16.6. The number of rotatable bonds is 3. The number of nitro groups is 1. The molecule has 4 rings (SSSR count). The van der Waals surface area contributed by atoms with Crippen molar-refractivity contribution in [2.75, 3.05) is 6.61 Å². The Kier molecular flexibility index (Phi) is 3.59. The highest BCUT2D eigenvalue weighted by Gasteiger charge is 2.53. The van der Waals surface area contributed by atoms with Crippen LogP contribution in [0.15, 0.2) is 36.4 Å². The van der Waals surface area contributed by atoms with Crippen molar-refractivity contribution in [3.05, 3.63) is 52.1 Å². The first-order valence-electron chi connectivity index (χ1n) is 8.23. The van der Waals surface area contributed by atoms with Crippen LogP contribution in [0.4, 0.5) is 0 Å². The minimum absolute atomic E-state index is 0.160. The molecule has 1 heterocycles. The third kappa shape index (κ3) is 2.58. The van der Waals surface area contributed by atoms with Gasteiger partial charge in [0.25, 0.3) is 0 Å². The fraction of sp³-hybridized carbons (Fsp3) is 0.389. The summed E-state index contributed by atoms with van der Waals surface area (Å²) in [5, 5.41) is 15.9. The number of ether oxygens (including phenoxy) is 1. The van der Waals surface area contributed by atoms with Gasteiger partial charge in [0.2, 0.25) is 11.9 Å². The van der Waals surface area contributed by atoms with E-state index in [2.05, 4.69) is 5.32 Å². The molecule has 1 saturated carbocycles. The standard InChI is InChI=1S/C18H18N2O4/c21-18(14-10-16(14)20(22)23)19-15-6-3-9-24-17-12-5-2-1-4-11(12)7-8-13(15)17/h1-2,4-5,7-8,14-16H,3,6,9-10H2,(H,19,21)/t14-,15+,16-/m0/s1. The maximum Gasteiger partial charge on any atom is 0.230 e. The molecule has 0 unspecified atom stereocenters. The number of hydrogen-bond acceptors (Lipinski definition) is 4. The van der Waals surface area contributed by atoms with Crippen molar-refractivity contribution in [2.45, 2.75) is 31.3 Å². The largest absolute Gasteiger partial charge is 0.493 e. The zero-order valence-electron chi connectivity index (χ0n) is 13.1. The molecule has 0 saturated heterocycles. The second-order valence-electron chi connectivity index (χ2n) is 6.45. The normalized spacial score (nSPS) is 25.2. The van der Waals surface area contributed by atoms with Crippen molar-refractivity contribution in [1.82, 2.24) is 5.32 Å². The molecule has 0 radical (unpaired) electrons. The minimum Gasteiger partial charge on any atom is -0.493 e. The molecule has 0 spiro atoms. The Balaban J connectivity index is 1.63. The van der Waals surface area contributed by atoms with E-state index in [4.69, 9.17) is 4.74 Å². The Morgan fingerprint density at radius 3 is 2.88 bits per heavy atom. The fourth-order valence-electron chi connectivity index (χ4n) is 3.44. The summed E-state index contributed by atoms with van der Waals surface area (Å²) < 4.78 is 5.95. The van der Waals surface area contributed by atoms with Crippen molar-refractivity contribution in [3.8, 4) is 5.75 Å². The lowest BCUT2D eigenvalue weighted by Crippen LogP contribution is -2.31. The van der Waals surface area contributed by atoms with Gasteiger partial charge in [0.05, 0.1) is 12.6 Å². The van der Waals surface area contributed by atoms with E-state index in [0.717, 1.165) is 34.9 Å². The molecule has 1 aliphatic heterocycles. The van der Waals surface area contributed by atoms with E-state index in [-0.39, 0.29) is 16.9 Å². The van der Waals surface area contributed by atoms with Gasteiger partial charge in [-0.2, -0.15) is 0 Å². The lowest BCUT2D eigenvalue weighted by molar-refractivity contribution is -0.497. The monoisotopic (exact) mass is 326 g/mol. The molecule has 1 N–H and O–H groups in total. The number of carbonyl (C=O) groups is 1. The topological polar surface area (TPSA) is 81.5 Å². The minimum atomic E-state index is -0.719. The molecule has 6 nitrogen and oxygen atoms in total. The van der Waals surface area contributed by atoms with Gasteiger partial charge in [-0.3, -0.25) is 14.9 Å². The lowest BCUT2D eigenvalue weighted by atomic mass is 9.98. The Hall–Kier alpha value is -2.63. The van der Waals surface area contributed by atoms with Gasteiger partial charge < -0.3 is 10.1 Å². The van der Waals surface area contributed by atoms with Crippen LogP contribution < -0.4 is 10.1 Å². The molecule has 6 heteroatoms. The summed E-state index contributed by atoms with van der Waals surface area (Å²) in [4.78, 5) is 22.7. The first kappa shape index (κ1) is 14.9. The van der Waals surface area contributed by atoms with Gasteiger partial charge in [-0.1, -0.05) is 36.4 Å². The van der Waals surface area contributed by atoms with Crippen LogP contribution in [-0.4, -0.2) is 23.5 Å². The van der Waals surface area contributed by atoms with Gasteiger partial charge in [0, 0.05) is 22.3 Å².